The second-order valence-corrected chi connectivity index (χ2v) is 6.92. The molecule has 2 fully saturated rings. The largest absolute Gasteiger partial charge is 0.494 e. The van der Waals surface area contributed by atoms with Crippen LogP contribution in [0.1, 0.15) is 25.7 Å². The molecular weight excluding hydrogens is 295 g/mol. The maximum Gasteiger partial charge on any atom is 0.222 e. The van der Waals surface area contributed by atoms with Crippen molar-refractivity contribution in [3.63, 3.8) is 0 Å². The minimum Gasteiger partial charge on any atom is -0.494 e. The Morgan fingerprint density at radius 1 is 1.22 bits per heavy atom. The molecule has 1 aromatic carbocycles. The van der Waals surface area contributed by atoms with Gasteiger partial charge in [-0.2, -0.15) is 0 Å². The maximum atomic E-state index is 12.8. The Labute approximate surface area is 137 Å². The van der Waals surface area contributed by atoms with Gasteiger partial charge in [0.1, 0.15) is 11.6 Å². The SMILES string of the molecule is CN1CC2(CCN(CCCOc3ccc(F)cc3)CC2)CC1=O. The first kappa shape index (κ1) is 16.2. The fourth-order valence-corrected chi connectivity index (χ4v) is 3.70. The molecular formula is C18H25FN2O2. The molecule has 0 aliphatic carbocycles. The van der Waals surface area contributed by atoms with Crippen molar-refractivity contribution in [1.82, 2.24) is 9.80 Å². The van der Waals surface area contributed by atoms with Gasteiger partial charge in [-0.15, -0.1) is 0 Å². The Bertz CT molecular complexity index is 538. The highest BCUT2D eigenvalue weighted by atomic mass is 19.1. The monoisotopic (exact) mass is 320 g/mol. The number of benzene rings is 1. The summed E-state index contributed by atoms with van der Waals surface area (Å²) in [6.07, 6.45) is 3.91. The molecule has 2 aliphatic rings. The second-order valence-electron chi connectivity index (χ2n) is 6.92. The first-order chi connectivity index (χ1) is 11.1. The molecule has 0 unspecified atom stereocenters. The van der Waals surface area contributed by atoms with Crippen molar-refractivity contribution in [3.05, 3.63) is 30.1 Å². The molecule has 2 heterocycles. The van der Waals surface area contributed by atoms with Gasteiger partial charge in [-0.05, 0) is 62.0 Å². The maximum absolute atomic E-state index is 12.8. The summed E-state index contributed by atoms with van der Waals surface area (Å²) in [6, 6.07) is 6.15. The average Bonchev–Trinajstić information content (AvgIpc) is 2.82. The number of rotatable bonds is 5. The molecule has 2 aliphatic heterocycles. The molecule has 1 spiro atoms. The van der Waals surface area contributed by atoms with Gasteiger partial charge in [0.2, 0.25) is 5.91 Å². The van der Waals surface area contributed by atoms with Crippen LogP contribution in [0.15, 0.2) is 24.3 Å². The minimum atomic E-state index is -0.240. The summed E-state index contributed by atoms with van der Waals surface area (Å²) in [4.78, 5) is 16.1. The summed E-state index contributed by atoms with van der Waals surface area (Å²) in [7, 11) is 1.91. The highest BCUT2D eigenvalue weighted by Crippen LogP contribution is 2.40. The topological polar surface area (TPSA) is 32.8 Å². The van der Waals surface area contributed by atoms with E-state index in [0.29, 0.717) is 12.5 Å². The van der Waals surface area contributed by atoms with Crippen LogP contribution in [0.5, 0.6) is 5.75 Å². The number of carbonyl (C=O) groups excluding carboxylic acids is 1. The summed E-state index contributed by atoms with van der Waals surface area (Å²) >= 11 is 0. The van der Waals surface area contributed by atoms with E-state index in [0.717, 1.165) is 57.6 Å². The number of piperidine rings is 1. The van der Waals surface area contributed by atoms with Gasteiger partial charge in [0, 0.05) is 26.6 Å². The van der Waals surface area contributed by atoms with Crippen molar-refractivity contribution < 1.29 is 13.9 Å². The smallest absolute Gasteiger partial charge is 0.222 e. The first-order valence-corrected chi connectivity index (χ1v) is 8.41. The lowest BCUT2D eigenvalue weighted by Gasteiger charge is -2.38. The fraction of sp³-hybridized carbons (Fsp3) is 0.611. The highest BCUT2D eigenvalue weighted by molar-refractivity contribution is 5.79. The van der Waals surface area contributed by atoms with E-state index in [1.54, 1.807) is 12.1 Å². The average molecular weight is 320 g/mol. The molecule has 1 aromatic rings. The second kappa shape index (κ2) is 6.87. The number of likely N-dealkylation sites (tertiary alicyclic amines) is 2. The van der Waals surface area contributed by atoms with Crippen molar-refractivity contribution in [1.29, 1.82) is 0 Å². The number of ether oxygens (including phenoxy) is 1. The van der Waals surface area contributed by atoms with Gasteiger partial charge >= 0.3 is 0 Å². The Hall–Kier alpha value is -1.62. The molecule has 0 saturated carbocycles. The van der Waals surface area contributed by atoms with Crippen LogP contribution in [-0.2, 0) is 4.79 Å². The van der Waals surface area contributed by atoms with Gasteiger partial charge in [0.25, 0.3) is 0 Å². The standard InChI is InChI=1S/C18H25FN2O2/c1-20-14-18(13-17(20)22)7-10-21(11-8-18)9-2-12-23-16-5-3-15(19)4-6-16/h3-6H,2,7-14H2,1H3. The van der Waals surface area contributed by atoms with Crippen molar-refractivity contribution in [3.8, 4) is 5.75 Å². The molecule has 0 N–H and O–H groups in total. The van der Waals surface area contributed by atoms with Crippen LogP contribution in [0.3, 0.4) is 0 Å². The van der Waals surface area contributed by atoms with Gasteiger partial charge in [0.05, 0.1) is 6.61 Å². The van der Waals surface area contributed by atoms with E-state index in [9.17, 15) is 9.18 Å². The molecule has 0 atom stereocenters. The number of hydrogen-bond donors (Lipinski definition) is 0. The van der Waals surface area contributed by atoms with Crippen LogP contribution in [0.4, 0.5) is 4.39 Å². The summed E-state index contributed by atoms with van der Waals surface area (Å²) in [5.41, 5.74) is 0.229. The van der Waals surface area contributed by atoms with Gasteiger partial charge in [-0.25, -0.2) is 4.39 Å². The number of halogens is 1. The van der Waals surface area contributed by atoms with Crippen LogP contribution in [-0.4, -0.2) is 55.5 Å². The van der Waals surface area contributed by atoms with Crippen molar-refractivity contribution in [2.45, 2.75) is 25.7 Å². The summed E-state index contributed by atoms with van der Waals surface area (Å²) < 4.78 is 18.4. The number of amides is 1. The van der Waals surface area contributed by atoms with Crippen molar-refractivity contribution >= 4 is 5.91 Å². The third-order valence-corrected chi connectivity index (χ3v) is 5.14. The van der Waals surface area contributed by atoms with Crippen molar-refractivity contribution in [2.75, 3.05) is 39.8 Å². The summed E-state index contributed by atoms with van der Waals surface area (Å²) in [5.74, 6) is 0.776. The van der Waals surface area contributed by atoms with Gasteiger partial charge in [-0.1, -0.05) is 0 Å². The zero-order valence-corrected chi connectivity index (χ0v) is 13.8. The van der Waals surface area contributed by atoms with E-state index >= 15 is 0 Å². The number of hydrogen-bond acceptors (Lipinski definition) is 3. The quantitative estimate of drug-likeness (QED) is 0.782. The molecule has 23 heavy (non-hydrogen) atoms. The van der Waals surface area contributed by atoms with Crippen LogP contribution >= 0.6 is 0 Å². The lowest BCUT2D eigenvalue weighted by molar-refractivity contribution is -0.126. The van der Waals surface area contributed by atoms with Crippen LogP contribution in [0.2, 0.25) is 0 Å². The van der Waals surface area contributed by atoms with Crippen LogP contribution < -0.4 is 4.74 Å². The first-order valence-electron chi connectivity index (χ1n) is 8.41. The predicted octanol–water partition coefficient (Wildman–Crippen LogP) is 2.54. The number of carbonyl (C=O) groups is 1. The van der Waals surface area contributed by atoms with E-state index in [2.05, 4.69) is 4.90 Å². The van der Waals surface area contributed by atoms with E-state index in [4.69, 9.17) is 4.74 Å². The van der Waals surface area contributed by atoms with E-state index in [-0.39, 0.29) is 11.2 Å². The van der Waals surface area contributed by atoms with Gasteiger partial charge in [-0.3, -0.25) is 4.79 Å². The highest BCUT2D eigenvalue weighted by Gasteiger charge is 2.43. The Morgan fingerprint density at radius 3 is 2.52 bits per heavy atom. The Kier molecular flexibility index (Phi) is 4.85. The lowest BCUT2D eigenvalue weighted by Crippen LogP contribution is -2.41. The molecule has 4 nitrogen and oxygen atoms in total. The van der Waals surface area contributed by atoms with Crippen LogP contribution in [0, 0.1) is 11.2 Å². The van der Waals surface area contributed by atoms with E-state index in [1.807, 2.05) is 11.9 Å². The molecule has 0 aromatic heterocycles. The summed E-state index contributed by atoms with van der Waals surface area (Å²) in [6.45, 7) is 4.72. The predicted molar refractivity (Wildman–Crippen MR) is 86.9 cm³/mol. The molecule has 126 valence electrons. The Morgan fingerprint density at radius 2 is 1.91 bits per heavy atom. The lowest BCUT2D eigenvalue weighted by atomic mass is 9.77. The fourth-order valence-electron chi connectivity index (χ4n) is 3.70. The molecule has 3 rings (SSSR count). The molecule has 0 bridgehead atoms. The zero-order valence-electron chi connectivity index (χ0n) is 13.8. The van der Waals surface area contributed by atoms with Gasteiger partial charge < -0.3 is 14.5 Å². The third kappa shape index (κ3) is 4.02. The molecule has 5 heteroatoms. The zero-order chi connectivity index (χ0) is 16.3. The third-order valence-electron chi connectivity index (χ3n) is 5.14. The minimum absolute atomic E-state index is 0.229. The van der Waals surface area contributed by atoms with E-state index in [1.165, 1.54) is 12.1 Å². The normalized spacial score (nSPS) is 21.1. The van der Waals surface area contributed by atoms with Gasteiger partial charge in [0.15, 0.2) is 0 Å². The van der Waals surface area contributed by atoms with E-state index < -0.39 is 0 Å². The van der Waals surface area contributed by atoms with Crippen LogP contribution in [0.25, 0.3) is 0 Å². The molecule has 2 saturated heterocycles. The Balaban J connectivity index is 1.35. The number of nitrogens with zero attached hydrogens (tertiary/aromatic N) is 2. The molecule has 0 radical (unpaired) electrons. The van der Waals surface area contributed by atoms with Crippen molar-refractivity contribution in [2.24, 2.45) is 5.41 Å². The molecule has 1 amide bonds. The summed E-state index contributed by atoms with van der Waals surface area (Å²) in [5, 5.41) is 0.